The van der Waals surface area contributed by atoms with Gasteiger partial charge in [0.15, 0.2) is 0 Å². The zero-order chi connectivity index (χ0) is 24.7. The highest BCUT2D eigenvalue weighted by Crippen LogP contribution is 2.32. The van der Waals surface area contributed by atoms with Gasteiger partial charge in [0.1, 0.15) is 17.2 Å². The molecule has 1 fully saturated rings. The predicted molar refractivity (Wildman–Crippen MR) is 125 cm³/mol. The Labute approximate surface area is 198 Å². The first-order chi connectivity index (χ1) is 16.7. The lowest BCUT2D eigenvalue weighted by Gasteiger charge is -2.36. The van der Waals surface area contributed by atoms with Crippen molar-refractivity contribution in [3.05, 3.63) is 83.3 Å². The van der Waals surface area contributed by atoms with Crippen LogP contribution in [-0.2, 0) is 12.7 Å². The molecule has 0 saturated carbocycles. The topological polar surface area (TPSA) is 83.3 Å². The molecule has 0 spiro atoms. The van der Waals surface area contributed by atoms with Crippen molar-refractivity contribution in [2.45, 2.75) is 25.7 Å². The summed E-state index contributed by atoms with van der Waals surface area (Å²) in [6, 6.07) is 13.5. The van der Waals surface area contributed by atoms with E-state index in [1.807, 2.05) is 36.1 Å². The fourth-order valence-corrected chi connectivity index (χ4v) is 4.13. The van der Waals surface area contributed by atoms with Crippen LogP contribution in [-0.4, -0.2) is 44.7 Å². The van der Waals surface area contributed by atoms with E-state index in [1.165, 1.54) is 12.3 Å². The van der Waals surface area contributed by atoms with Crippen LogP contribution in [0.4, 0.5) is 24.7 Å². The Bertz CT molecular complexity index is 1390. The minimum Gasteiger partial charge on any atom is -0.389 e. The Hall–Kier alpha value is -3.92. The number of aromatic nitrogens is 3. The quantitative estimate of drug-likeness (QED) is 0.446. The third kappa shape index (κ3) is 4.69. The number of nitrogens with zero attached hydrogens (tertiary/aromatic N) is 4. The number of aliphatic hydroxyl groups excluding tert-OH is 1. The zero-order valence-corrected chi connectivity index (χ0v) is 18.8. The molecule has 0 aliphatic carbocycles. The van der Waals surface area contributed by atoms with Gasteiger partial charge >= 0.3 is 6.18 Å². The summed E-state index contributed by atoms with van der Waals surface area (Å²) in [6.45, 7) is 3.21. The van der Waals surface area contributed by atoms with E-state index in [2.05, 4.69) is 15.3 Å². The SMILES string of the molecule is Cc1cccc(Cn2c(C(=O)Nc3ccc(N4CC(O)C4)nc3)cc3cc(C(F)(F)F)cnc32)c1. The van der Waals surface area contributed by atoms with Gasteiger partial charge in [-0.1, -0.05) is 29.8 Å². The summed E-state index contributed by atoms with van der Waals surface area (Å²) < 4.78 is 41.4. The van der Waals surface area contributed by atoms with Crippen LogP contribution in [0.5, 0.6) is 0 Å². The summed E-state index contributed by atoms with van der Waals surface area (Å²) in [5.41, 5.74) is 1.95. The Balaban J connectivity index is 1.47. The van der Waals surface area contributed by atoms with E-state index in [-0.39, 0.29) is 29.4 Å². The van der Waals surface area contributed by atoms with Crippen LogP contribution in [0, 0.1) is 6.92 Å². The molecule has 4 aromatic rings. The van der Waals surface area contributed by atoms with E-state index < -0.39 is 17.6 Å². The van der Waals surface area contributed by atoms with Crippen LogP contribution in [0.25, 0.3) is 11.0 Å². The van der Waals surface area contributed by atoms with E-state index >= 15 is 0 Å². The molecule has 10 heteroatoms. The van der Waals surface area contributed by atoms with Crippen molar-refractivity contribution in [1.29, 1.82) is 0 Å². The third-order valence-corrected chi connectivity index (χ3v) is 5.91. The van der Waals surface area contributed by atoms with E-state index in [9.17, 15) is 23.1 Å². The van der Waals surface area contributed by atoms with Gasteiger partial charge in [0, 0.05) is 31.2 Å². The van der Waals surface area contributed by atoms with Crippen LogP contribution >= 0.6 is 0 Å². The van der Waals surface area contributed by atoms with E-state index in [0.29, 0.717) is 24.6 Å². The van der Waals surface area contributed by atoms with Gasteiger partial charge in [0.2, 0.25) is 0 Å². The summed E-state index contributed by atoms with van der Waals surface area (Å²) in [7, 11) is 0. The third-order valence-electron chi connectivity index (χ3n) is 5.91. The molecule has 180 valence electrons. The molecule has 1 aromatic carbocycles. The molecule has 1 aliphatic rings. The Kier molecular flexibility index (Phi) is 5.68. The molecule has 35 heavy (non-hydrogen) atoms. The molecule has 0 radical (unpaired) electrons. The molecule has 1 saturated heterocycles. The Morgan fingerprint density at radius 3 is 2.57 bits per heavy atom. The molecular weight excluding hydrogens is 459 g/mol. The summed E-state index contributed by atoms with van der Waals surface area (Å²) in [4.78, 5) is 23.5. The van der Waals surface area contributed by atoms with Gasteiger partial charge in [-0.15, -0.1) is 0 Å². The van der Waals surface area contributed by atoms with Crippen molar-refractivity contribution < 1.29 is 23.1 Å². The Morgan fingerprint density at radius 1 is 1.11 bits per heavy atom. The predicted octanol–water partition coefficient (Wildman–Crippen LogP) is 4.24. The van der Waals surface area contributed by atoms with Crippen LogP contribution in [0.15, 0.2) is 60.9 Å². The van der Waals surface area contributed by atoms with Gasteiger partial charge in [-0.05, 0) is 36.8 Å². The molecule has 5 rings (SSSR count). The number of carbonyl (C=O) groups is 1. The maximum atomic E-state index is 13.3. The number of aliphatic hydroxyl groups is 1. The number of fused-ring (bicyclic) bond motifs is 1. The first-order valence-corrected chi connectivity index (χ1v) is 11.0. The summed E-state index contributed by atoms with van der Waals surface area (Å²) >= 11 is 0. The van der Waals surface area contributed by atoms with E-state index in [1.54, 1.807) is 16.7 Å². The number of anilines is 2. The molecule has 4 heterocycles. The number of hydrogen-bond donors (Lipinski definition) is 2. The molecule has 1 aliphatic heterocycles. The lowest BCUT2D eigenvalue weighted by atomic mass is 10.1. The second-order valence-corrected chi connectivity index (χ2v) is 8.66. The van der Waals surface area contributed by atoms with Gasteiger partial charge < -0.3 is 19.9 Å². The van der Waals surface area contributed by atoms with Crippen LogP contribution in [0.1, 0.15) is 27.2 Å². The van der Waals surface area contributed by atoms with Crippen LogP contribution < -0.4 is 10.2 Å². The highest BCUT2D eigenvalue weighted by molar-refractivity contribution is 6.06. The number of β-amino-alcohol motifs (C(OH)–C–C–N with tert-alkyl or cyclic N) is 1. The van der Waals surface area contributed by atoms with Crippen molar-refractivity contribution >= 4 is 28.4 Å². The molecule has 3 aromatic heterocycles. The van der Waals surface area contributed by atoms with Gasteiger partial charge in [0.05, 0.1) is 23.6 Å². The average Bonchev–Trinajstić information content (AvgIpc) is 3.15. The minimum atomic E-state index is -4.54. The van der Waals surface area contributed by atoms with E-state index in [0.717, 1.165) is 23.4 Å². The Morgan fingerprint density at radius 2 is 1.91 bits per heavy atom. The number of amides is 1. The van der Waals surface area contributed by atoms with Crippen LogP contribution in [0.3, 0.4) is 0 Å². The standard InChI is InChI=1S/C25H22F3N5O2/c1-15-3-2-4-16(7-15)12-33-21(9-17-8-18(25(26,27)28)10-30-23(17)33)24(35)31-19-5-6-22(29-11-19)32-13-20(34)14-32/h2-11,20,34H,12-14H2,1H3,(H,31,35). The molecule has 0 unspecified atom stereocenters. The number of pyridine rings is 2. The second-order valence-electron chi connectivity index (χ2n) is 8.66. The monoisotopic (exact) mass is 481 g/mol. The number of nitrogens with one attached hydrogen (secondary N) is 1. The summed E-state index contributed by atoms with van der Waals surface area (Å²) in [5.74, 6) is 0.198. The maximum absolute atomic E-state index is 13.3. The largest absolute Gasteiger partial charge is 0.417 e. The number of rotatable bonds is 5. The van der Waals surface area contributed by atoms with Crippen molar-refractivity contribution in [2.75, 3.05) is 23.3 Å². The number of aryl methyl sites for hydroxylation is 1. The fraction of sp³-hybridized carbons (Fsp3) is 0.240. The number of halogens is 3. The normalized spacial score (nSPS) is 14.3. The van der Waals surface area contributed by atoms with Gasteiger partial charge in [-0.25, -0.2) is 9.97 Å². The smallest absolute Gasteiger partial charge is 0.389 e. The minimum absolute atomic E-state index is 0.184. The molecule has 0 bridgehead atoms. The number of alkyl halides is 3. The van der Waals surface area contributed by atoms with Gasteiger partial charge in [0.25, 0.3) is 5.91 Å². The lowest BCUT2D eigenvalue weighted by Crippen LogP contribution is -2.51. The molecule has 2 N–H and O–H groups in total. The number of carbonyl (C=O) groups excluding carboxylic acids is 1. The average molecular weight is 481 g/mol. The van der Waals surface area contributed by atoms with Crippen molar-refractivity contribution in [3.8, 4) is 0 Å². The summed E-state index contributed by atoms with van der Waals surface area (Å²) in [6.07, 6.45) is -2.61. The molecule has 1 amide bonds. The molecule has 7 nitrogen and oxygen atoms in total. The van der Waals surface area contributed by atoms with Gasteiger partial charge in [-0.3, -0.25) is 4.79 Å². The highest BCUT2D eigenvalue weighted by atomic mass is 19.4. The first-order valence-electron chi connectivity index (χ1n) is 11.0. The van der Waals surface area contributed by atoms with Crippen molar-refractivity contribution in [2.24, 2.45) is 0 Å². The van der Waals surface area contributed by atoms with Gasteiger partial charge in [-0.2, -0.15) is 13.2 Å². The lowest BCUT2D eigenvalue weighted by molar-refractivity contribution is -0.137. The first kappa shape index (κ1) is 22.9. The second kappa shape index (κ2) is 8.70. The highest BCUT2D eigenvalue weighted by Gasteiger charge is 2.32. The van der Waals surface area contributed by atoms with E-state index in [4.69, 9.17) is 0 Å². The van der Waals surface area contributed by atoms with Crippen molar-refractivity contribution in [1.82, 2.24) is 14.5 Å². The summed E-state index contributed by atoms with van der Waals surface area (Å²) in [5, 5.41) is 12.4. The fourth-order valence-electron chi connectivity index (χ4n) is 4.13. The zero-order valence-electron chi connectivity index (χ0n) is 18.8. The molecular formula is C25H22F3N5O2. The number of hydrogen-bond acceptors (Lipinski definition) is 5. The maximum Gasteiger partial charge on any atom is 0.417 e. The number of benzene rings is 1. The van der Waals surface area contributed by atoms with Crippen molar-refractivity contribution in [3.63, 3.8) is 0 Å². The molecule has 0 atom stereocenters. The van der Waals surface area contributed by atoms with Crippen LogP contribution in [0.2, 0.25) is 0 Å².